The number of amides is 1. The van der Waals surface area contributed by atoms with Crippen LogP contribution in [0.4, 0.5) is 11.4 Å². The first-order chi connectivity index (χ1) is 13.6. The first-order valence-electron chi connectivity index (χ1n) is 8.63. The maximum absolute atomic E-state index is 11.1. The second-order valence-corrected chi connectivity index (χ2v) is 7.88. The van der Waals surface area contributed by atoms with Gasteiger partial charge in [0.25, 0.3) is 0 Å². The van der Waals surface area contributed by atoms with E-state index in [1.54, 1.807) is 6.20 Å². The second-order valence-electron chi connectivity index (χ2n) is 6.19. The highest BCUT2D eigenvalue weighted by Gasteiger charge is 2.10. The van der Waals surface area contributed by atoms with Crippen LogP contribution >= 0.6 is 27.9 Å². The number of hydrogen-bond donors (Lipinski definition) is 2. The summed E-state index contributed by atoms with van der Waals surface area (Å²) in [5.74, 6) is -0.0801. The Bertz CT molecular complexity index is 1130. The number of carbonyl (C=O) groups is 1. The summed E-state index contributed by atoms with van der Waals surface area (Å²) < 4.78 is 6.33. The normalized spacial score (nSPS) is 10.8. The molecule has 4 rings (SSSR count). The number of carbonyl (C=O) groups excluding carboxylic acids is 1. The molecule has 0 saturated carbocycles. The van der Waals surface area contributed by atoms with Crippen LogP contribution < -0.4 is 10.0 Å². The van der Waals surface area contributed by atoms with Crippen LogP contribution in [-0.4, -0.2) is 15.3 Å². The molecule has 4 aromatic rings. The van der Waals surface area contributed by atoms with Crippen molar-refractivity contribution in [3.63, 3.8) is 0 Å². The summed E-state index contributed by atoms with van der Waals surface area (Å²) in [6, 6.07) is 20.0. The van der Waals surface area contributed by atoms with E-state index in [1.807, 2.05) is 46.9 Å². The number of benzene rings is 2. The van der Waals surface area contributed by atoms with Gasteiger partial charge in [-0.05, 0) is 63.8 Å². The van der Waals surface area contributed by atoms with Crippen molar-refractivity contribution in [2.24, 2.45) is 0 Å². The lowest BCUT2D eigenvalue weighted by Gasteiger charge is -2.11. The number of hydrogen-bond acceptors (Lipinski definition) is 4. The SMILES string of the molecule is CC(=O)Nc1ccc(SNc2cc(-c3ccccc3)cn3c(Br)cnc23)cc1. The number of nitrogens with one attached hydrogen (secondary N) is 2. The average Bonchev–Trinajstić information content (AvgIpc) is 3.08. The highest BCUT2D eigenvalue weighted by Crippen LogP contribution is 2.31. The molecule has 0 aliphatic heterocycles. The topological polar surface area (TPSA) is 58.4 Å². The third-order valence-electron chi connectivity index (χ3n) is 4.12. The van der Waals surface area contributed by atoms with Crippen LogP contribution in [0.25, 0.3) is 16.8 Å². The summed E-state index contributed by atoms with van der Waals surface area (Å²) in [5, 5.41) is 2.77. The molecule has 0 radical (unpaired) electrons. The second kappa shape index (κ2) is 8.08. The predicted octanol–water partition coefficient (Wildman–Crippen LogP) is 5.84. The first-order valence-corrected chi connectivity index (χ1v) is 10.2. The maximum Gasteiger partial charge on any atom is 0.221 e. The molecule has 0 spiro atoms. The Morgan fingerprint density at radius 3 is 2.54 bits per heavy atom. The van der Waals surface area contributed by atoms with Crippen molar-refractivity contribution in [3.8, 4) is 11.1 Å². The van der Waals surface area contributed by atoms with Gasteiger partial charge < -0.3 is 10.0 Å². The fourth-order valence-corrected chi connectivity index (χ4v) is 3.87. The molecule has 2 aromatic carbocycles. The average molecular weight is 453 g/mol. The Hall–Kier alpha value is -2.77. The lowest BCUT2D eigenvalue weighted by molar-refractivity contribution is -0.114. The van der Waals surface area contributed by atoms with Crippen molar-refractivity contribution >= 4 is 50.8 Å². The van der Waals surface area contributed by atoms with E-state index in [9.17, 15) is 4.79 Å². The Morgan fingerprint density at radius 1 is 1.07 bits per heavy atom. The molecule has 0 unspecified atom stereocenters. The molecule has 0 aliphatic rings. The molecule has 7 heteroatoms. The molecule has 5 nitrogen and oxygen atoms in total. The van der Waals surface area contributed by atoms with Gasteiger partial charge in [0.05, 0.1) is 11.9 Å². The van der Waals surface area contributed by atoms with E-state index in [-0.39, 0.29) is 5.91 Å². The minimum absolute atomic E-state index is 0.0801. The van der Waals surface area contributed by atoms with E-state index in [0.29, 0.717) is 0 Å². The van der Waals surface area contributed by atoms with Gasteiger partial charge in [-0.3, -0.25) is 9.20 Å². The number of imidazole rings is 1. The van der Waals surface area contributed by atoms with Crippen molar-refractivity contribution in [3.05, 3.63) is 77.7 Å². The van der Waals surface area contributed by atoms with Gasteiger partial charge in [-0.15, -0.1) is 0 Å². The lowest BCUT2D eigenvalue weighted by Crippen LogP contribution is -2.05. The van der Waals surface area contributed by atoms with Gasteiger partial charge in [0.2, 0.25) is 5.91 Å². The molecule has 28 heavy (non-hydrogen) atoms. The molecule has 1 amide bonds. The highest BCUT2D eigenvalue weighted by atomic mass is 79.9. The van der Waals surface area contributed by atoms with Crippen LogP contribution in [0.1, 0.15) is 6.92 Å². The van der Waals surface area contributed by atoms with Crippen LogP contribution in [-0.2, 0) is 4.79 Å². The largest absolute Gasteiger partial charge is 0.326 e. The molecule has 0 bridgehead atoms. The zero-order valence-electron chi connectivity index (χ0n) is 15.0. The van der Waals surface area contributed by atoms with Gasteiger partial charge in [0.15, 0.2) is 5.65 Å². The standard InChI is InChI=1S/C21H17BrN4OS/c1-14(27)24-17-7-9-18(10-8-17)28-25-19-11-16(15-5-3-2-4-6-15)13-26-20(22)12-23-21(19)26/h2-13,25H,1H3,(H,24,27). The Balaban J connectivity index is 1.62. The van der Waals surface area contributed by atoms with E-state index in [0.717, 1.165) is 37.6 Å². The summed E-state index contributed by atoms with van der Waals surface area (Å²) in [6.45, 7) is 1.50. The first kappa shape index (κ1) is 18.6. The fraction of sp³-hybridized carbons (Fsp3) is 0.0476. The fourth-order valence-electron chi connectivity index (χ4n) is 2.85. The molecule has 2 aromatic heterocycles. The monoisotopic (exact) mass is 452 g/mol. The zero-order valence-corrected chi connectivity index (χ0v) is 17.4. The predicted molar refractivity (Wildman–Crippen MR) is 119 cm³/mol. The van der Waals surface area contributed by atoms with Crippen molar-refractivity contribution in [1.82, 2.24) is 9.38 Å². The third kappa shape index (κ3) is 4.05. The third-order valence-corrected chi connectivity index (χ3v) is 5.54. The van der Waals surface area contributed by atoms with Crippen LogP contribution in [0.3, 0.4) is 0 Å². The van der Waals surface area contributed by atoms with Crippen molar-refractivity contribution in [2.45, 2.75) is 11.8 Å². The van der Waals surface area contributed by atoms with E-state index >= 15 is 0 Å². The number of anilines is 2. The number of aromatic nitrogens is 2. The molecular weight excluding hydrogens is 436 g/mol. The summed E-state index contributed by atoms with van der Waals surface area (Å²) in [7, 11) is 0. The molecular formula is C21H17BrN4OS. The van der Waals surface area contributed by atoms with E-state index in [2.05, 4.69) is 55.3 Å². The Kier molecular flexibility index (Phi) is 5.36. The van der Waals surface area contributed by atoms with E-state index in [4.69, 9.17) is 0 Å². The van der Waals surface area contributed by atoms with Gasteiger partial charge in [0.1, 0.15) is 4.60 Å². The molecule has 140 valence electrons. The molecule has 2 N–H and O–H groups in total. The molecule has 0 fully saturated rings. The minimum Gasteiger partial charge on any atom is -0.326 e. The zero-order chi connectivity index (χ0) is 19.5. The van der Waals surface area contributed by atoms with Gasteiger partial charge in [-0.2, -0.15) is 0 Å². The number of fused-ring (bicyclic) bond motifs is 1. The number of nitrogens with zero attached hydrogens (tertiary/aromatic N) is 2. The van der Waals surface area contributed by atoms with Crippen molar-refractivity contribution < 1.29 is 4.79 Å². The summed E-state index contributed by atoms with van der Waals surface area (Å²) in [6.07, 6.45) is 3.86. The number of rotatable bonds is 5. The Labute approximate surface area is 175 Å². The summed E-state index contributed by atoms with van der Waals surface area (Å²) in [5.41, 5.74) is 4.77. The highest BCUT2D eigenvalue weighted by molar-refractivity contribution is 9.10. The van der Waals surface area contributed by atoms with Crippen LogP contribution in [0.5, 0.6) is 0 Å². The molecule has 2 heterocycles. The van der Waals surface area contributed by atoms with Gasteiger partial charge in [0, 0.05) is 29.3 Å². The van der Waals surface area contributed by atoms with Gasteiger partial charge in [-0.1, -0.05) is 30.3 Å². The maximum atomic E-state index is 11.1. The van der Waals surface area contributed by atoms with Crippen molar-refractivity contribution in [2.75, 3.05) is 10.0 Å². The van der Waals surface area contributed by atoms with Gasteiger partial charge in [-0.25, -0.2) is 4.98 Å². The van der Waals surface area contributed by atoms with Crippen LogP contribution in [0, 0.1) is 0 Å². The number of pyridine rings is 1. The smallest absolute Gasteiger partial charge is 0.221 e. The van der Waals surface area contributed by atoms with Gasteiger partial charge >= 0.3 is 0 Å². The van der Waals surface area contributed by atoms with Crippen LogP contribution in [0.15, 0.2) is 82.6 Å². The summed E-state index contributed by atoms with van der Waals surface area (Å²) >= 11 is 5.06. The van der Waals surface area contributed by atoms with E-state index < -0.39 is 0 Å². The summed E-state index contributed by atoms with van der Waals surface area (Å²) in [4.78, 5) is 16.7. The number of halogens is 1. The van der Waals surface area contributed by atoms with Crippen LogP contribution in [0.2, 0.25) is 0 Å². The Morgan fingerprint density at radius 2 is 1.82 bits per heavy atom. The quantitative estimate of drug-likeness (QED) is 0.373. The van der Waals surface area contributed by atoms with E-state index in [1.165, 1.54) is 18.9 Å². The van der Waals surface area contributed by atoms with Crippen molar-refractivity contribution in [1.29, 1.82) is 0 Å². The molecule has 0 saturated heterocycles. The molecule has 0 aliphatic carbocycles. The lowest BCUT2D eigenvalue weighted by atomic mass is 10.1. The minimum atomic E-state index is -0.0801. The molecule has 0 atom stereocenters.